The van der Waals surface area contributed by atoms with Crippen LogP contribution in [0.4, 0.5) is 11.4 Å². The molecular formula is C17H19N3O2S. The lowest BCUT2D eigenvalue weighted by Gasteiger charge is -2.35. The number of rotatable bonds is 3. The maximum Gasteiger partial charge on any atom is 0.265 e. The summed E-state index contributed by atoms with van der Waals surface area (Å²) < 4.78 is 0. The average molecular weight is 329 g/mol. The Morgan fingerprint density at radius 2 is 1.74 bits per heavy atom. The van der Waals surface area contributed by atoms with Crippen LogP contribution in [0, 0.1) is 0 Å². The smallest absolute Gasteiger partial charge is 0.265 e. The van der Waals surface area contributed by atoms with E-state index in [9.17, 15) is 9.59 Å². The monoisotopic (exact) mass is 329 g/mol. The topological polar surface area (TPSA) is 52.7 Å². The van der Waals surface area contributed by atoms with Crippen LogP contribution in [0.1, 0.15) is 16.6 Å². The van der Waals surface area contributed by atoms with Crippen molar-refractivity contribution in [3.63, 3.8) is 0 Å². The van der Waals surface area contributed by atoms with Crippen molar-refractivity contribution in [3.05, 3.63) is 46.7 Å². The summed E-state index contributed by atoms with van der Waals surface area (Å²) >= 11 is 1.43. The minimum Gasteiger partial charge on any atom is -0.368 e. The largest absolute Gasteiger partial charge is 0.368 e. The maximum atomic E-state index is 12.0. The molecule has 0 radical (unpaired) electrons. The van der Waals surface area contributed by atoms with Crippen molar-refractivity contribution < 1.29 is 9.59 Å². The molecule has 1 aromatic carbocycles. The van der Waals surface area contributed by atoms with E-state index in [-0.39, 0.29) is 11.8 Å². The molecule has 120 valence electrons. The first kappa shape index (κ1) is 15.6. The van der Waals surface area contributed by atoms with E-state index in [0.29, 0.717) is 4.88 Å². The minimum atomic E-state index is -0.0807. The van der Waals surface area contributed by atoms with Crippen LogP contribution in [0.5, 0.6) is 0 Å². The van der Waals surface area contributed by atoms with Gasteiger partial charge < -0.3 is 15.1 Å². The van der Waals surface area contributed by atoms with Gasteiger partial charge in [0, 0.05) is 44.5 Å². The number of carbonyl (C=O) groups excluding carboxylic acids is 2. The van der Waals surface area contributed by atoms with Gasteiger partial charge in [0.15, 0.2) is 0 Å². The Morgan fingerprint density at radius 1 is 1.04 bits per heavy atom. The molecule has 23 heavy (non-hydrogen) atoms. The molecule has 0 aliphatic carbocycles. The van der Waals surface area contributed by atoms with Crippen LogP contribution < -0.4 is 10.2 Å². The highest BCUT2D eigenvalue weighted by molar-refractivity contribution is 7.12. The number of carbonyl (C=O) groups is 2. The van der Waals surface area contributed by atoms with Gasteiger partial charge in [-0.25, -0.2) is 0 Å². The van der Waals surface area contributed by atoms with E-state index in [1.54, 1.807) is 6.92 Å². The first-order valence-corrected chi connectivity index (χ1v) is 8.47. The molecular weight excluding hydrogens is 310 g/mol. The van der Waals surface area contributed by atoms with Crippen molar-refractivity contribution >= 4 is 34.5 Å². The van der Waals surface area contributed by atoms with Gasteiger partial charge in [0.25, 0.3) is 5.91 Å². The summed E-state index contributed by atoms with van der Waals surface area (Å²) in [6, 6.07) is 11.5. The normalized spacial score (nSPS) is 14.7. The summed E-state index contributed by atoms with van der Waals surface area (Å²) in [4.78, 5) is 28.2. The third kappa shape index (κ3) is 3.71. The third-order valence-electron chi connectivity index (χ3n) is 3.96. The summed E-state index contributed by atoms with van der Waals surface area (Å²) in [5, 5.41) is 4.78. The van der Waals surface area contributed by atoms with Crippen LogP contribution in [0.2, 0.25) is 0 Å². The number of thiophene rings is 1. The third-order valence-corrected chi connectivity index (χ3v) is 4.83. The molecule has 0 unspecified atom stereocenters. The molecule has 2 heterocycles. The van der Waals surface area contributed by atoms with Crippen LogP contribution in [0.25, 0.3) is 0 Å². The van der Waals surface area contributed by atoms with Gasteiger partial charge in [-0.2, -0.15) is 0 Å². The van der Waals surface area contributed by atoms with E-state index in [2.05, 4.69) is 10.2 Å². The van der Waals surface area contributed by atoms with Crippen LogP contribution in [-0.4, -0.2) is 42.9 Å². The molecule has 6 heteroatoms. The lowest BCUT2D eigenvalue weighted by molar-refractivity contribution is -0.129. The Hall–Kier alpha value is -2.34. The van der Waals surface area contributed by atoms with Gasteiger partial charge in [-0.1, -0.05) is 6.07 Å². The van der Waals surface area contributed by atoms with E-state index >= 15 is 0 Å². The summed E-state index contributed by atoms with van der Waals surface area (Å²) in [7, 11) is 0. The zero-order valence-electron chi connectivity index (χ0n) is 13.0. The molecule has 1 aliphatic heterocycles. The van der Waals surface area contributed by atoms with E-state index in [1.165, 1.54) is 11.3 Å². The number of benzene rings is 1. The van der Waals surface area contributed by atoms with Crippen LogP contribution in [0.15, 0.2) is 41.8 Å². The van der Waals surface area contributed by atoms with Crippen molar-refractivity contribution in [3.8, 4) is 0 Å². The van der Waals surface area contributed by atoms with Gasteiger partial charge in [0.05, 0.1) is 4.88 Å². The first-order valence-electron chi connectivity index (χ1n) is 7.59. The number of anilines is 2. The predicted octanol–water partition coefficient (Wildman–Crippen LogP) is 2.67. The van der Waals surface area contributed by atoms with Gasteiger partial charge in [-0.15, -0.1) is 11.3 Å². The molecule has 1 aliphatic rings. The minimum absolute atomic E-state index is 0.0807. The molecule has 0 atom stereocenters. The van der Waals surface area contributed by atoms with Crippen LogP contribution >= 0.6 is 11.3 Å². The van der Waals surface area contributed by atoms with Gasteiger partial charge in [0.1, 0.15) is 0 Å². The standard InChI is InChI=1S/C17H19N3O2S/c1-13(21)19-8-10-20(11-9-19)15-6-4-14(5-7-15)18-17(22)16-3-2-12-23-16/h2-7,12H,8-11H2,1H3,(H,18,22). The number of piperazine rings is 1. The summed E-state index contributed by atoms with van der Waals surface area (Å²) in [5.74, 6) is 0.0547. The number of hydrogen-bond acceptors (Lipinski definition) is 4. The lowest BCUT2D eigenvalue weighted by atomic mass is 10.2. The van der Waals surface area contributed by atoms with E-state index < -0.39 is 0 Å². The second-order valence-corrected chi connectivity index (χ2v) is 6.42. The number of hydrogen-bond donors (Lipinski definition) is 1. The Kier molecular flexibility index (Phi) is 4.62. The zero-order chi connectivity index (χ0) is 16.2. The SMILES string of the molecule is CC(=O)N1CCN(c2ccc(NC(=O)c3cccs3)cc2)CC1. The zero-order valence-corrected chi connectivity index (χ0v) is 13.8. The van der Waals surface area contributed by atoms with Crippen molar-refractivity contribution in [2.75, 3.05) is 36.4 Å². The molecule has 0 spiro atoms. The summed E-state index contributed by atoms with van der Waals surface area (Å²) in [5.41, 5.74) is 1.90. The summed E-state index contributed by atoms with van der Waals surface area (Å²) in [6.45, 7) is 4.79. The van der Waals surface area contributed by atoms with Gasteiger partial charge >= 0.3 is 0 Å². The van der Waals surface area contributed by atoms with Gasteiger partial charge in [-0.05, 0) is 35.7 Å². The number of amides is 2. The van der Waals surface area contributed by atoms with Gasteiger partial charge in [0.2, 0.25) is 5.91 Å². The Balaban J connectivity index is 1.59. The van der Waals surface area contributed by atoms with Crippen molar-refractivity contribution in [2.24, 2.45) is 0 Å². The Labute approximate surface area is 139 Å². The molecule has 2 aromatic rings. The fraction of sp³-hybridized carbons (Fsp3) is 0.294. The second-order valence-electron chi connectivity index (χ2n) is 5.47. The van der Waals surface area contributed by atoms with Crippen molar-refractivity contribution in [2.45, 2.75) is 6.92 Å². The quantitative estimate of drug-likeness (QED) is 0.942. The molecule has 5 nitrogen and oxygen atoms in total. The van der Waals surface area contributed by atoms with Crippen molar-refractivity contribution in [1.82, 2.24) is 4.90 Å². The Bertz CT molecular complexity index is 674. The molecule has 1 saturated heterocycles. The first-order chi connectivity index (χ1) is 11.1. The maximum absolute atomic E-state index is 12.0. The molecule has 3 rings (SSSR count). The van der Waals surface area contributed by atoms with Crippen molar-refractivity contribution in [1.29, 1.82) is 0 Å². The molecule has 1 aromatic heterocycles. The fourth-order valence-corrected chi connectivity index (χ4v) is 3.25. The van der Waals surface area contributed by atoms with Crippen LogP contribution in [-0.2, 0) is 4.79 Å². The predicted molar refractivity (Wildman–Crippen MR) is 93.2 cm³/mol. The van der Waals surface area contributed by atoms with Gasteiger partial charge in [-0.3, -0.25) is 9.59 Å². The van der Waals surface area contributed by atoms with E-state index in [1.807, 2.05) is 46.7 Å². The number of nitrogens with one attached hydrogen (secondary N) is 1. The number of nitrogens with zero attached hydrogens (tertiary/aromatic N) is 2. The highest BCUT2D eigenvalue weighted by Gasteiger charge is 2.18. The molecule has 2 amide bonds. The molecule has 1 fully saturated rings. The highest BCUT2D eigenvalue weighted by atomic mass is 32.1. The summed E-state index contributed by atoms with van der Waals surface area (Å²) in [6.07, 6.45) is 0. The molecule has 0 saturated carbocycles. The lowest BCUT2D eigenvalue weighted by Crippen LogP contribution is -2.48. The van der Waals surface area contributed by atoms with E-state index in [4.69, 9.17) is 0 Å². The highest BCUT2D eigenvalue weighted by Crippen LogP contribution is 2.20. The van der Waals surface area contributed by atoms with E-state index in [0.717, 1.165) is 37.6 Å². The molecule has 1 N–H and O–H groups in total. The Morgan fingerprint density at radius 3 is 2.30 bits per heavy atom. The molecule has 0 bridgehead atoms. The average Bonchev–Trinajstić information content (AvgIpc) is 3.10. The second kappa shape index (κ2) is 6.83. The van der Waals surface area contributed by atoms with Crippen LogP contribution in [0.3, 0.4) is 0 Å². The fourth-order valence-electron chi connectivity index (χ4n) is 2.64.